The Morgan fingerprint density at radius 1 is 1.47 bits per heavy atom. The molecule has 0 fully saturated rings. The first kappa shape index (κ1) is 13.8. The molecule has 1 aromatic heterocycles. The Morgan fingerprint density at radius 3 is 2.65 bits per heavy atom. The highest BCUT2D eigenvalue weighted by Gasteiger charge is 2.17. The number of anilines is 2. The summed E-state index contributed by atoms with van der Waals surface area (Å²) in [5, 5.41) is 4.47. The molecule has 1 rings (SSSR count). The molecule has 0 aliphatic heterocycles. The van der Waals surface area contributed by atoms with Crippen LogP contribution in [0, 0.1) is 6.92 Å². The van der Waals surface area contributed by atoms with Crippen molar-refractivity contribution in [3.8, 4) is 0 Å². The van der Waals surface area contributed by atoms with E-state index in [4.69, 9.17) is 10.5 Å². The minimum Gasteiger partial charge on any atom is -0.394 e. The van der Waals surface area contributed by atoms with Gasteiger partial charge < -0.3 is 15.4 Å². The summed E-state index contributed by atoms with van der Waals surface area (Å²) in [6, 6.07) is 0.301. The summed E-state index contributed by atoms with van der Waals surface area (Å²) in [5.41, 5.74) is 7.73. The minimum atomic E-state index is 0.301. The van der Waals surface area contributed by atoms with E-state index in [2.05, 4.69) is 23.8 Å². The molecule has 0 spiro atoms. The van der Waals surface area contributed by atoms with E-state index >= 15 is 0 Å². The molecule has 0 aromatic carbocycles. The molecule has 1 aromatic rings. The summed E-state index contributed by atoms with van der Waals surface area (Å²) in [7, 11) is 2.02. The summed E-state index contributed by atoms with van der Waals surface area (Å²) in [5.74, 6) is 0.984. The third-order valence-corrected chi connectivity index (χ3v) is 2.73. The lowest BCUT2D eigenvalue weighted by Crippen LogP contribution is -2.26. The number of hydrogen-bond acceptors (Lipinski definition) is 4. The Kier molecular flexibility index (Phi) is 4.81. The Balaban J connectivity index is 2.87. The SMILES string of the molecule is CCOCCN(C)c1c(N)c(C)nn1C(C)C. The number of rotatable bonds is 6. The van der Waals surface area contributed by atoms with Gasteiger partial charge in [0.25, 0.3) is 0 Å². The van der Waals surface area contributed by atoms with Crippen molar-refractivity contribution < 1.29 is 4.74 Å². The second-order valence-corrected chi connectivity index (χ2v) is 4.48. The zero-order chi connectivity index (χ0) is 13.0. The molecule has 0 amide bonds. The highest BCUT2D eigenvalue weighted by molar-refractivity contribution is 5.66. The van der Waals surface area contributed by atoms with Crippen LogP contribution in [0.25, 0.3) is 0 Å². The van der Waals surface area contributed by atoms with E-state index in [0.29, 0.717) is 12.6 Å². The second-order valence-electron chi connectivity index (χ2n) is 4.48. The molecule has 0 atom stereocenters. The van der Waals surface area contributed by atoms with E-state index in [1.165, 1.54) is 0 Å². The van der Waals surface area contributed by atoms with Crippen LogP contribution in [0.15, 0.2) is 0 Å². The molecule has 0 aliphatic carbocycles. The Bertz CT molecular complexity index is 360. The van der Waals surface area contributed by atoms with Crippen LogP contribution in [0.2, 0.25) is 0 Å². The van der Waals surface area contributed by atoms with Crippen LogP contribution >= 0.6 is 0 Å². The summed E-state index contributed by atoms with van der Waals surface area (Å²) < 4.78 is 7.33. The molecule has 5 nitrogen and oxygen atoms in total. The quantitative estimate of drug-likeness (QED) is 0.771. The number of likely N-dealkylation sites (N-methyl/N-ethyl adjacent to an activating group) is 1. The highest BCUT2D eigenvalue weighted by atomic mass is 16.5. The highest BCUT2D eigenvalue weighted by Crippen LogP contribution is 2.28. The maximum absolute atomic E-state index is 6.08. The Hall–Kier alpha value is -1.23. The monoisotopic (exact) mass is 240 g/mol. The van der Waals surface area contributed by atoms with E-state index in [-0.39, 0.29) is 0 Å². The van der Waals surface area contributed by atoms with Gasteiger partial charge in [-0.15, -0.1) is 0 Å². The number of aryl methyl sites for hydroxylation is 1. The smallest absolute Gasteiger partial charge is 0.150 e. The normalized spacial score (nSPS) is 11.2. The molecule has 98 valence electrons. The number of aromatic nitrogens is 2. The van der Waals surface area contributed by atoms with Crippen molar-refractivity contribution in [3.63, 3.8) is 0 Å². The first-order chi connectivity index (χ1) is 7.99. The van der Waals surface area contributed by atoms with Gasteiger partial charge >= 0.3 is 0 Å². The first-order valence-corrected chi connectivity index (χ1v) is 6.12. The van der Waals surface area contributed by atoms with Crippen LogP contribution in [0.3, 0.4) is 0 Å². The molecular formula is C12H24N4O. The van der Waals surface area contributed by atoms with Crippen LogP contribution in [0.5, 0.6) is 0 Å². The molecule has 0 unspecified atom stereocenters. The van der Waals surface area contributed by atoms with Gasteiger partial charge in [0.2, 0.25) is 0 Å². The van der Waals surface area contributed by atoms with Gasteiger partial charge in [-0.3, -0.25) is 0 Å². The molecular weight excluding hydrogens is 216 g/mol. The summed E-state index contributed by atoms with van der Waals surface area (Å²) in [4.78, 5) is 2.10. The van der Waals surface area contributed by atoms with E-state index in [0.717, 1.165) is 30.4 Å². The third kappa shape index (κ3) is 3.12. The van der Waals surface area contributed by atoms with E-state index in [9.17, 15) is 0 Å². The van der Waals surface area contributed by atoms with Gasteiger partial charge in [0.1, 0.15) is 0 Å². The van der Waals surface area contributed by atoms with Gasteiger partial charge in [-0.05, 0) is 27.7 Å². The third-order valence-electron chi connectivity index (χ3n) is 2.73. The maximum atomic E-state index is 6.08. The van der Waals surface area contributed by atoms with Crippen molar-refractivity contribution in [2.75, 3.05) is 37.4 Å². The van der Waals surface area contributed by atoms with Crippen molar-refractivity contribution >= 4 is 11.5 Å². The maximum Gasteiger partial charge on any atom is 0.150 e. The Morgan fingerprint density at radius 2 is 2.12 bits per heavy atom. The van der Waals surface area contributed by atoms with E-state index in [1.54, 1.807) is 0 Å². The van der Waals surface area contributed by atoms with Crippen molar-refractivity contribution in [2.24, 2.45) is 0 Å². The van der Waals surface area contributed by atoms with Crippen molar-refractivity contribution in [1.82, 2.24) is 9.78 Å². The van der Waals surface area contributed by atoms with Gasteiger partial charge in [0.05, 0.1) is 18.0 Å². The lowest BCUT2D eigenvalue weighted by atomic mass is 10.3. The fourth-order valence-electron chi connectivity index (χ4n) is 1.74. The summed E-state index contributed by atoms with van der Waals surface area (Å²) in [6.45, 7) is 10.4. The summed E-state index contributed by atoms with van der Waals surface area (Å²) >= 11 is 0. The second kappa shape index (κ2) is 5.91. The van der Waals surface area contributed by atoms with Crippen LogP contribution in [-0.2, 0) is 4.74 Å². The predicted molar refractivity (Wildman–Crippen MR) is 71.5 cm³/mol. The minimum absolute atomic E-state index is 0.301. The molecule has 1 heterocycles. The molecule has 0 aliphatic rings. The first-order valence-electron chi connectivity index (χ1n) is 6.12. The van der Waals surface area contributed by atoms with Crippen LogP contribution in [-0.4, -0.2) is 36.6 Å². The van der Waals surface area contributed by atoms with E-state index in [1.807, 2.05) is 25.6 Å². The standard InChI is InChI=1S/C12H24N4O/c1-6-17-8-7-15(5)12-11(13)10(4)14-16(12)9(2)3/h9H,6-8,13H2,1-5H3. The van der Waals surface area contributed by atoms with Crippen LogP contribution in [0.1, 0.15) is 32.5 Å². The van der Waals surface area contributed by atoms with Gasteiger partial charge in [0, 0.05) is 26.2 Å². The van der Waals surface area contributed by atoms with Gasteiger partial charge in [0.15, 0.2) is 5.82 Å². The predicted octanol–water partition coefficient (Wildman–Crippen LogP) is 1.83. The lowest BCUT2D eigenvalue weighted by Gasteiger charge is -2.22. The number of ether oxygens (including phenoxy) is 1. The van der Waals surface area contributed by atoms with Gasteiger partial charge in [-0.2, -0.15) is 5.10 Å². The molecule has 0 saturated carbocycles. The molecule has 5 heteroatoms. The topological polar surface area (TPSA) is 56.3 Å². The van der Waals surface area contributed by atoms with Gasteiger partial charge in [-0.25, -0.2) is 4.68 Å². The van der Waals surface area contributed by atoms with Crippen LogP contribution in [0.4, 0.5) is 11.5 Å². The van der Waals surface area contributed by atoms with Crippen molar-refractivity contribution in [1.29, 1.82) is 0 Å². The van der Waals surface area contributed by atoms with E-state index < -0.39 is 0 Å². The molecule has 0 saturated heterocycles. The summed E-state index contributed by atoms with van der Waals surface area (Å²) in [6.07, 6.45) is 0. The average Bonchev–Trinajstić information content (AvgIpc) is 2.56. The zero-order valence-electron chi connectivity index (χ0n) is 11.5. The number of nitrogen functional groups attached to an aromatic ring is 1. The van der Waals surface area contributed by atoms with Gasteiger partial charge in [-0.1, -0.05) is 0 Å². The number of hydrogen-bond donors (Lipinski definition) is 1. The fourth-order valence-corrected chi connectivity index (χ4v) is 1.74. The molecule has 0 radical (unpaired) electrons. The largest absolute Gasteiger partial charge is 0.394 e. The number of nitrogens with zero attached hydrogens (tertiary/aromatic N) is 3. The van der Waals surface area contributed by atoms with Crippen LogP contribution < -0.4 is 10.6 Å². The lowest BCUT2D eigenvalue weighted by molar-refractivity contribution is 0.154. The molecule has 2 N–H and O–H groups in total. The number of nitrogens with two attached hydrogens (primary N) is 1. The van der Waals surface area contributed by atoms with Crippen molar-refractivity contribution in [3.05, 3.63) is 5.69 Å². The van der Waals surface area contributed by atoms with Crippen molar-refractivity contribution in [2.45, 2.75) is 33.7 Å². The zero-order valence-corrected chi connectivity index (χ0v) is 11.5. The molecule has 17 heavy (non-hydrogen) atoms. The molecule has 0 bridgehead atoms. The Labute approximate surface area is 104 Å². The fraction of sp³-hybridized carbons (Fsp3) is 0.750. The average molecular weight is 240 g/mol.